The quantitative estimate of drug-likeness (QED) is 0.0168. The summed E-state index contributed by atoms with van der Waals surface area (Å²) in [5.74, 6) is -4.86. The first-order chi connectivity index (χ1) is 48.2. The average Bonchev–Trinajstić information content (AvgIpc) is 1.55. The zero-order chi connectivity index (χ0) is 74.8. The van der Waals surface area contributed by atoms with E-state index in [1.807, 2.05) is 48.6 Å². The Balaban J connectivity index is 0.883. The number of amides is 11. The number of aliphatic hydroxyl groups is 1. The number of imidazole rings is 1. The molecule has 6 aromatic rings. The molecule has 11 amide bonds. The van der Waals surface area contributed by atoms with Crippen LogP contribution >= 0.6 is 12.6 Å². The largest absolute Gasteiger partial charge is 0.481 e. The molecular formula is C69H95N17O14S2. The number of thiol groups is 1. The van der Waals surface area contributed by atoms with Gasteiger partial charge in [0, 0.05) is 87.5 Å². The number of hydrogen-bond donors (Lipinski definition) is 13. The SMILES string of the molecule is CCCNC(=O)Nc1cccc(S(=O)(=O)Nc2cccc([C@@](S)(CC(=O)O)NC(=O)Nc3ccc(NC(=O)N(C)CCN(C)CCN(C)CC(=O)N[C@H](C(=O)N4CCC[C@H]4C(=O)N[C@H](C(=O)Nc4nc5ccccc5c5c4nc(COCC)n5CC(C)(C)O)C(C)C)[C@H](C)CC(N)=O)cc3)c2)c1. The number of fused-ring (bicyclic) bond motifs is 3. The van der Waals surface area contributed by atoms with Gasteiger partial charge in [-0.2, -0.15) is 0 Å². The molecule has 102 heavy (non-hydrogen) atoms. The summed E-state index contributed by atoms with van der Waals surface area (Å²) in [4.78, 5) is 135. The highest BCUT2D eigenvalue weighted by atomic mass is 32.2. The van der Waals surface area contributed by atoms with Gasteiger partial charge in [0.1, 0.15) is 40.9 Å². The zero-order valence-electron chi connectivity index (χ0n) is 59.1. The Bertz CT molecular complexity index is 4120. The van der Waals surface area contributed by atoms with Gasteiger partial charge in [-0.25, -0.2) is 32.8 Å². The lowest BCUT2D eigenvalue weighted by molar-refractivity contribution is -0.143. The number of hydrogen-bond acceptors (Lipinski definition) is 18. The zero-order valence-corrected chi connectivity index (χ0v) is 60.8. The average molecular weight is 1450 g/mol. The Morgan fingerprint density at radius 3 is 2.10 bits per heavy atom. The second-order valence-electron chi connectivity index (χ2n) is 26.4. The number of urea groups is 3. The second-order valence-corrected chi connectivity index (χ2v) is 28.9. The Kier molecular flexibility index (Phi) is 27.9. The van der Waals surface area contributed by atoms with Gasteiger partial charge in [-0.15, -0.1) is 12.6 Å². The van der Waals surface area contributed by atoms with Gasteiger partial charge in [0.25, 0.3) is 10.0 Å². The maximum atomic E-state index is 14.6. The molecular weight excluding hydrogens is 1350 g/mol. The highest BCUT2D eigenvalue weighted by molar-refractivity contribution is 7.92. The van der Waals surface area contributed by atoms with Gasteiger partial charge in [0.15, 0.2) is 5.82 Å². The molecule has 33 heteroatoms. The summed E-state index contributed by atoms with van der Waals surface area (Å²) in [6.45, 7) is 15.0. The van der Waals surface area contributed by atoms with Crippen LogP contribution in [0.15, 0.2) is 102 Å². The summed E-state index contributed by atoms with van der Waals surface area (Å²) in [6, 6.07) is 19.6. The number of ether oxygens (including phenoxy) is 1. The molecule has 1 aliphatic heterocycles. The van der Waals surface area contributed by atoms with Crippen molar-refractivity contribution in [3.8, 4) is 0 Å². The number of carboxylic acid groups (broad SMARTS) is 1. The van der Waals surface area contributed by atoms with E-state index in [1.54, 1.807) is 71.8 Å². The number of carboxylic acids is 1. The molecule has 552 valence electrons. The predicted molar refractivity (Wildman–Crippen MR) is 391 cm³/mol. The lowest BCUT2D eigenvalue weighted by atomic mass is 9.96. The first-order valence-corrected chi connectivity index (χ1v) is 35.5. The molecule has 0 radical (unpaired) electrons. The molecule has 0 unspecified atom stereocenters. The number of sulfonamides is 1. The molecule has 5 atom stereocenters. The number of nitrogens with one attached hydrogen (secondary N) is 9. The van der Waals surface area contributed by atoms with Crippen molar-refractivity contribution in [3.05, 3.63) is 108 Å². The number of pyridine rings is 1. The van der Waals surface area contributed by atoms with Crippen molar-refractivity contribution < 1.29 is 66.5 Å². The maximum absolute atomic E-state index is 14.6. The number of aliphatic carboxylic acids is 1. The lowest BCUT2D eigenvalue weighted by Crippen LogP contribution is -2.58. The molecule has 7 rings (SSSR count). The standard InChI is InChI=1S/C69H95N17O14S2/c1-11-29-71-65(94)73-47-19-16-21-49(37-47)102(98,99)81-48-20-15-18-44(36-48)69(101,38-56(89)90)80-66(95)72-45-25-27-46(28-26-45)74-67(96)84(10)34-33-82(8)31-32-83(9)39-55(88)77-58(43(5)35-53(70)87)64(93)85-30-17-24-52(85)62(91)78-57(42(3)4)63(92)79-61-59-60(50-22-13-14-23-51(50)75-61)86(41-68(6,7)97)54(76-59)40-100-12-2/h13-16,18-23,25-28,36-37,42-43,52,57-58,81,97,101H,11-12,17,24,29-35,38-41H2,1-10H3,(H2,70,87)(H,74,96)(H,77,88)(H,78,91)(H,89,90)(H2,71,73,94)(H2,72,80,95)(H,75,79,92)/t43-,52+,57+,58+,69+/m1/s1. The van der Waals surface area contributed by atoms with Crippen LogP contribution in [0.5, 0.6) is 0 Å². The van der Waals surface area contributed by atoms with E-state index in [9.17, 15) is 61.8 Å². The van der Waals surface area contributed by atoms with Crippen LogP contribution in [-0.4, -0.2) is 204 Å². The molecule has 4 aromatic carbocycles. The number of primary amides is 1. The second kappa shape index (κ2) is 35.8. The number of rotatable bonds is 35. The summed E-state index contributed by atoms with van der Waals surface area (Å²) in [5, 5.41) is 43.4. The van der Waals surface area contributed by atoms with Crippen LogP contribution in [0.4, 0.5) is 43.0 Å². The van der Waals surface area contributed by atoms with Crippen LogP contribution in [0.2, 0.25) is 0 Å². The van der Waals surface area contributed by atoms with Gasteiger partial charge < -0.3 is 82.5 Å². The van der Waals surface area contributed by atoms with Crippen molar-refractivity contribution in [3.63, 3.8) is 0 Å². The molecule has 1 saturated heterocycles. The van der Waals surface area contributed by atoms with Gasteiger partial charge in [-0.1, -0.05) is 64.1 Å². The third-order valence-electron chi connectivity index (χ3n) is 16.7. The molecule has 31 nitrogen and oxygen atoms in total. The first kappa shape index (κ1) is 79.7. The third-order valence-corrected chi connectivity index (χ3v) is 18.6. The molecule has 0 bridgehead atoms. The minimum Gasteiger partial charge on any atom is -0.481 e. The Labute approximate surface area is 598 Å². The highest BCUT2D eigenvalue weighted by Gasteiger charge is 2.42. The fourth-order valence-electron chi connectivity index (χ4n) is 11.4. The molecule has 0 aliphatic carbocycles. The van der Waals surface area contributed by atoms with Crippen molar-refractivity contribution in [1.82, 2.24) is 55.4 Å². The minimum atomic E-state index is -4.24. The van der Waals surface area contributed by atoms with Crippen LogP contribution in [0.1, 0.15) is 92.0 Å². The Morgan fingerprint density at radius 1 is 0.775 bits per heavy atom. The topological polar surface area (TPSA) is 415 Å². The van der Waals surface area contributed by atoms with Gasteiger partial charge >= 0.3 is 24.1 Å². The van der Waals surface area contributed by atoms with Crippen molar-refractivity contribution in [1.29, 1.82) is 0 Å². The number of para-hydroxylation sites is 1. The van der Waals surface area contributed by atoms with Crippen LogP contribution in [0.3, 0.4) is 0 Å². The summed E-state index contributed by atoms with van der Waals surface area (Å²) in [5.41, 5.74) is 7.05. The van der Waals surface area contributed by atoms with E-state index in [4.69, 9.17) is 20.4 Å². The van der Waals surface area contributed by atoms with Crippen LogP contribution in [-0.2, 0) is 61.5 Å². The Hall–Kier alpha value is -9.67. The molecule has 2 aromatic heterocycles. The number of carbonyl (C=O) groups is 9. The van der Waals surface area contributed by atoms with Crippen LogP contribution in [0, 0.1) is 11.8 Å². The summed E-state index contributed by atoms with van der Waals surface area (Å²) >= 11 is 4.58. The van der Waals surface area contributed by atoms with Crippen molar-refractivity contribution in [2.45, 2.75) is 127 Å². The lowest BCUT2D eigenvalue weighted by Gasteiger charge is -2.32. The number of aromatic nitrogens is 3. The van der Waals surface area contributed by atoms with Gasteiger partial charge in [-0.05, 0) is 132 Å². The maximum Gasteiger partial charge on any atom is 0.321 e. The third kappa shape index (κ3) is 22.4. The number of carbonyl (C=O) groups excluding carboxylic acids is 8. The van der Waals surface area contributed by atoms with Gasteiger partial charge in [0.2, 0.25) is 29.5 Å². The number of nitrogens with two attached hydrogens (primary N) is 1. The number of nitrogens with zero attached hydrogens (tertiary/aromatic N) is 7. The number of likely N-dealkylation sites (tertiary alicyclic amines) is 1. The molecule has 0 spiro atoms. The smallest absolute Gasteiger partial charge is 0.321 e. The van der Waals surface area contributed by atoms with E-state index in [-0.39, 0.29) is 72.4 Å². The number of benzene rings is 4. The summed E-state index contributed by atoms with van der Waals surface area (Å²) in [7, 11) is 0.939. The fourth-order valence-corrected chi connectivity index (χ4v) is 12.9. The predicted octanol–water partition coefficient (Wildman–Crippen LogP) is 5.70. The first-order valence-electron chi connectivity index (χ1n) is 33.6. The van der Waals surface area contributed by atoms with Gasteiger partial charge in [0.05, 0.1) is 41.0 Å². The minimum absolute atomic E-state index is 0.0285. The van der Waals surface area contributed by atoms with E-state index >= 15 is 0 Å². The van der Waals surface area contributed by atoms with E-state index < -0.39 is 110 Å². The van der Waals surface area contributed by atoms with E-state index in [1.165, 1.54) is 70.5 Å². The highest BCUT2D eigenvalue weighted by Crippen LogP contribution is 2.35. The Morgan fingerprint density at radius 2 is 1.43 bits per heavy atom. The van der Waals surface area contributed by atoms with Crippen LogP contribution in [0.25, 0.3) is 21.9 Å². The van der Waals surface area contributed by atoms with E-state index in [0.717, 1.165) is 5.39 Å². The number of anilines is 5. The molecule has 3 heterocycles. The summed E-state index contributed by atoms with van der Waals surface area (Å²) < 4.78 is 37.0. The molecule has 0 saturated carbocycles. The molecule has 1 aliphatic rings. The van der Waals surface area contributed by atoms with Crippen molar-refractivity contribution in [2.24, 2.45) is 17.6 Å². The fraction of sp³-hybridized carbons (Fsp3) is 0.464. The summed E-state index contributed by atoms with van der Waals surface area (Å²) in [6.07, 6.45) is 0.437. The van der Waals surface area contributed by atoms with Crippen LogP contribution < -0.4 is 53.0 Å². The van der Waals surface area contributed by atoms with Crippen molar-refractivity contribution in [2.75, 3.05) is 99.6 Å². The normalized spacial score (nSPS) is 14.7. The van der Waals surface area contributed by atoms with Gasteiger partial charge in [-0.3, -0.25) is 38.4 Å². The molecule has 1 fully saturated rings. The van der Waals surface area contributed by atoms with E-state index in [0.29, 0.717) is 80.2 Å². The molecule has 13 N–H and O–H groups in total. The number of likely N-dealkylation sites (N-methyl/N-ethyl adjacent to an activating group) is 3. The monoisotopic (exact) mass is 1450 g/mol. The van der Waals surface area contributed by atoms with E-state index in [2.05, 4.69) is 59.9 Å². The van der Waals surface area contributed by atoms with Crippen molar-refractivity contribution >= 4 is 127 Å².